The second-order valence-electron chi connectivity index (χ2n) is 3.95. The van der Waals surface area contributed by atoms with E-state index >= 15 is 0 Å². The summed E-state index contributed by atoms with van der Waals surface area (Å²) in [5.41, 5.74) is 3.65. The van der Waals surface area contributed by atoms with Crippen LogP contribution in [0.3, 0.4) is 0 Å². The number of nitrogens with one attached hydrogen (secondary N) is 1. The highest BCUT2D eigenvalue weighted by atomic mass is 35.5. The van der Waals surface area contributed by atoms with Crippen molar-refractivity contribution in [3.05, 3.63) is 34.9 Å². The molecule has 0 bridgehead atoms. The monoisotopic (exact) mass is 284 g/mol. The molecule has 1 saturated heterocycles. The van der Waals surface area contributed by atoms with Gasteiger partial charge in [0.25, 0.3) is 5.91 Å². The van der Waals surface area contributed by atoms with Crippen LogP contribution in [0.5, 0.6) is 0 Å². The number of nitrogens with zero attached hydrogens (tertiary/aromatic N) is 1. The van der Waals surface area contributed by atoms with E-state index in [0.717, 1.165) is 11.3 Å². The summed E-state index contributed by atoms with van der Waals surface area (Å²) in [4.78, 5) is 22.7. The second kappa shape index (κ2) is 6.11. The normalized spacial score (nSPS) is 14.7. The fraction of sp³-hybridized carbons (Fsp3) is 0.333. The molecule has 6 heteroatoms. The maximum Gasteiger partial charge on any atom is 0.250 e. The molecule has 0 aliphatic carbocycles. The lowest BCUT2D eigenvalue weighted by Gasteiger charge is -2.14. The van der Waals surface area contributed by atoms with Crippen LogP contribution in [0, 0.1) is 0 Å². The zero-order valence-electron chi connectivity index (χ0n) is 9.69. The second-order valence-corrected chi connectivity index (χ2v) is 5.37. The van der Waals surface area contributed by atoms with Gasteiger partial charge in [-0.3, -0.25) is 20.0 Å². The number of amides is 2. The number of hydrogen-bond acceptors (Lipinski definition) is 3. The molecule has 1 N–H and O–H groups in total. The van der Waals surface area contributed by atoms with Gasteiger partial charge in [-0.2, -0.15) is 0 Å². The molecule has 18 heavy (non-hydrogen) atoms. The van der Waals surface area contributed by atoms with Crippen LogP contribution in [-0.4, -0.2) is 29.1 Å². The fourth-order valence-corrected chi connectivity index (χ4v) is 2.56. The van der Waals surface area contributed by atoms with Crippen molar-refractivity contribution in [2.45, 2.75) is 12.2 Å². The van der Waals surface area contributed by atoms with Gasteiger partial charge in [0.15, 0.2) is 0 Å². The van der Waals surface area contributed by atoms with Crippen LogP contribution < -0.4 is 5.43 Å². The van der Waals surface area contributed by atoms with Crippen molar-refractivity contribution in [1.29, 1.82) is 0 Å². The number of hydrazine groups is 1. The van der Waals surface area contributed by atoms with Crippen LogP contribution in [0.15, 0.2) is 24.3 Å². The van der Waals surface area contributed by atoms with Gasteiger partial charge in [-0.15, -0.1) is 11.8 Å². The van der Waals surface area contributed by atoms with Crippen LogP contribution in [-0.2, 0) is 15.3 Å². The third-order valence-corrected chi connectivity index (χ3v) is 3.77. The molecule has 1 fully saturated rings. The van der Waals surface area contributed by atoms with Gasteiger partial charge >= 0.3 is 0 Å². The van der Waals surface area contributed by atoms with Gasteiger partial charge in [0.05, 0.1) is 12.3 Å². The molecule has 1 aliphatic heterocycles. The van der Waals surface area contributed by atoms with Crippen molar-refractivity contribution in [3.8, 4) is 0 Å². The third-order valence-electron chi connectivity index (χ3n) is 2.53. The van der Waals surface area contributed by atoms with Gasteiger partial charge in [-0.1, -0.05) is 23.7 Å². The maximum absolute atomic E-state index is 11.7. The zero-order valence-corrected chi connectivity index (χ0v) is 11.3. The summed E-state index contributed by atoms with van der Waals surface area (Å²) in [6.45, 7) is 0.471. The quantitative estimate of drug-likeness (QED) is 0.918. The number of halogens is 1. The molecule has 96 valence electrons. The Balaban J connectivity index is 1.73. The molecule has 1 aromatic rings. The van der Waals surface area contributed by atoms with Crippen molar-refractivity contribution < 1.29 is 9.59 Å². The van der Waals surface area contributed by atoms with Gasteiger partial charge in [-0.25, -0.2) is 0 Å². The van der Waals surface area contributed by atoms with E-state index in [4.69, 9.17) is 11.6 Å². The lowest BCUT2D eigenvalue weighted by molar-refractivity contribution is -0.133. The number of benzene rings is 1. The summed E-state index contributed by atoms with van der Waals surface area (Å²) < 4.78 is 0. The molecule has 2 amide bonds. The van der Waals surface area contributed by atoms with Crippen LogP contribution in [0.1, 0.15) is 12.0 Å². The minimum absolute atomic E-state index is 0.0557. The number of carbonyl (C=O) groups is 2. The molecule has 0 spiro atoms. The lowest BCUT2D eigenvalue weighted by atomic mass is 10.2. The molecule has 4 nitrogen and oxygen atoms in total. The summed E-state index contributed by atoms with van der Waals surface area (Å²) in [7, 11) is 0. The van der Waals surface area contributed by atoms with Crippen molar-refractivity contribution in [3.63, 3.8) is 0 Å². The topological polar surface area (TPSA) is 49.4 Å². The largest absolute Gasteiger partial charge is 0.273 e. The van der Waals surface area contributed by atoms with E-state index in [9.17, 15) is 9.59 Å². The van der Waals surface area contributed by atoms with Crippen LogP contribution >= 0.6 is 23.4 Å². The Hall–Kier alpha value is -1.20. The zero-order chi connectivity index (χ0) is 13.0. The molecule has 0 saturated carbocycles. The fourth-order valence-electron chi connectivity index (χ4n) is 1.58. The highest BCUT2D eigenvalue weighted by Gasteiger charge is 2.22. The predicted octanol–water partition coefficient (Wildman–Crippen LogP) is 1.84. The van der Waals surface area contributed by atoms with Crippen molar-refractivity contribution >= 4 is 35.2 Å². The van der Waals surface area contributed by atoms with E-state index in [1.165, 1.54) is 16.8 Å². The van der Waals surface area contributed by atoms with E-state index in [0.29, 0.717) is 23.7 Å². The summed E-state index contributed by atoms with van der Waals surface area (Å²) >= 11 is 7.31. The Kier molecular flexibility index (Phi) is 4.49. The van der Waals surface area contributed by atoms with Crippen LogP contribution in [0.4, 0.5) is 0 Å². The summed E-state index contributed by atoms with van der Waals surface area (Å²) in [5.74, 6) is 0.971. The van der Waals surface area contributed by atoms with Crippen molar-refractivity contribution in [2.24, 2.45) is 0 Å². The first-order chi connectivity index (χ1) is 8.65. The van der Waals surface area contributed by atoms with Gasteiger partial charge < -0.3 is 0 Å². The Morgan fingerprint density at radius 1 is 1.39 bits per heavy atom. The minimum atomic E-state index is -0.0916. The van der Waals surface area contributed by atoms with E-state index in [-0.39, 0.29) is 11.8 Å². The van der Waals surface area contributed by atoms with E-state index in [2.05, 4.69) is 5.43 Å². The Morgan fingerprint density at radius 2 is 2.11 bits per heavy atom. The third kappa shape index (κ3) is 3.65. The molecule has 0 unspecified atom stereocenters. The molecular weight excluding hydrogens is 272 g/mol. The molecule has 1 aromatic carbocycles. The first-order valence-electron chi connectivity index (χ1n) is 5.57. The first-order valence-corrected chi connectivity index (χ1v) is 7.10. The summed E-state index contributed by atoms with van der Waals surface area (Å²) in [6.07, 6.45) is 0.396. The first kappa shape index (κ1) is 13.2. The van der Waals surface area contributed by atoms with Gasteiger partial charge in [0.1, 0.15) is 0 Å². The molecule has 0 aromatic heterocycles. The Bertz CT molecular complexity index is 450. The van der Waals surface area contributed by atoms with E-state index in [1.807, 2.05) is 24.3 Å². The lowest BCUT2D eigenvalue weighted by Crippen LogP contribution is -2.39. The molecular formula is C12H13ClN2O2S. The highest BCUT2D eigenvalue weighted by Crippen LogP contribution is 2.16. The van der Waals surface area contributed by atoms with Gasteiger partial charge in [0, 0.05) is 17.2 Å². The number of rotatable bonds is 4. The number of hydrogen-bond donors (Lipinski definition) is 1. The average molecular weight is 285 g/mol. The van der Waals surface area contributed by atoms with E-state index < -0.39 is 0 Å². The maximum atomic E-state index is 11.7. The standard InChI is InChI=1S/C12H13ClN2O2S/c13-10-3-1-9(2-4-10)7-18-8-12(17)15-6-5-11(16)14-15/h1-4H,5-8H2,(H,14,16). The molecule has 2 rings (SSSR count). The Morgan fingerprint density at radius 3 is 2.72 bits per heavy atom. The highest BCUT2D eigenvalue weighted by molar-refractivity contribution is 7.99. The number of carbonyl (C=O) groups excluding carboxylic acids is 2. The van der Waals surface area contributed by atoms with E-state index in [1.54, 1.807) is 0 Å². The minimum Gasteiger partial charge on any atom is -0.273 e. The van der Waals surface area contributed by atoms with Gasteiger partial charge in [0.2, 0.25) is 5.91 Å². The summed E-state index contributed by atoms with van der Waals surface area (Å²) in [6, 6.07) is 7.55. The van der Waals surface area contributed by atoms with Crippen molar-refractivity contribution in [1.82, 2.24) is 10.4 Å². The summed E-state index contributed by atoms with van der Waals surface area (Å²) in [5, 5.41) is 2.09. The van der Waals surface area contributed by atoms with Crippen LogP contribution in [0.2, 0.25) is 5.02 Å². The Labute approximate surface area is 115 Å². The van der Waals surface area contributed by atoms with Crippen molar-refractivity contribution in [2.75, 3.05) is 12.3 Å². The molecule has 1 heterocycles. The smallest absolute Gasteiger partial charge is 0.250 e. The van der Waals surface area contributed by atoms with Gasteiger partial charge in [-0.05, 0) is 17.7 Å². The molecule has 0 radical (unpaired) electrons. The van der Waals surface area contributed by atoms with Crippen LogP contribution in [0.25, 0.3) is 0 Å². The average Bonchev–Trinajstić information content (AvgIpc) is 2.78. The predicted molar refractivity (Wildman–Crippen MR) is 72.1 cm³/mol. The number of thioether (sulfide) groups is 1. The SMILES string of the molecule is O=C1CCN(C(=O)CSCc2ccc(Cl)cc2)N1. The molecule has 0 atom stereocenters. The molecule has 1 aliphatic rings.